The molecule has 0 unspecified atom stereocenters. The van der Waals surface area contributed by atoms with E-state index in [4.69, 9.17) is 4.74 Å². The van der Waals surface area contributed by atoms with E-state index in [0.717, 1.165) is 36.1 Å². The van der Waals surface area contributed by atoms with Crippen LogP contribution in [0.25, 0.3) is 4.96 Å². The smallest absolute Gasteiger partial charge is 0.259 e. The van der Waals surface area contributed by atoms with Crippen LogP contribution in [0.1, 0.15) is 18.3 Å². The molecule has 102 valence electrons. The molecule has 2 aromatic rings. The lowest BCUT2D eigenvalue weighted by atomic mass is 10.2. The number of thiazole rings is 1. The van der Waals surface area contributed by atoms with Crippen molar-refractivity contribution in [2.45, 2.75) is 26.4 Å². The van der Waals surface area contributed by atoms with Crippen LogP contribution in [0.5, 0.6) is 0 Å². The quantitative estimate of drug-likeness (QED) is 0.831. The van der Waals surface area contributed by atoms with E-state index in [1.54, 1.807) is 10.5 Å². The predicted molar refractivity (Wildman–Crippen MR) is 74.8 cm³/mol. The minimum atomic E-state index is 0.0136. The highest BCUT2D eigenvalue weighted by Gasteiger charge is 2.19. The van der Waals surface area contributed by atoms with E-state index in [9.17, 15) is 4.79 Å². The highest BCUT2D eigenvalue weighted by molar-refractivity contribution is 7.15. The van der Waals surface area contributed by atoms with Gasteiger partial charge in [0.2, 0.25) is 0 Å². The maximum absolute atomic E-state index is 12.1. The molecule has 0 spiro atoms. The number of rotatable bonds is 2. The first kappa shape index (κ1) is 12.8. The Bertz CT molecular complexity index is 649. The van der Waals surface area contributed by atoms with Gasteiger partial charge in [-0.3, -0.25) is 14.1 Å². The molecule has 3 heterocycles. The molecule has 3 rings (SSSR count). The van der Waals surface area contributed by atoms with Crippen molar-refractivity contribution in [3.8, 4) is 0 Å². The number of ether oxygens (including phenoxy) is 1. The van der Waals surface area contributed by atoms with Crippen LogP contribution in [0.4, 0.5) is 0 Å². The van der Waals surface area contributed by atoms with Crippen molar-refractivity contribution in [1.82, 2.24) is 14.3 Å². The number of hydrogen-bond acceptors (Lipinski definition) is 5. The molecule has 1 aliphatic rings. The van der Waals surface area contributed by atoms with E-state index in [1.165, 1.54) is 11.3 Å². The van der Waals surface area contributed by atoms with Crippen LogP contribution < -0.4 is 5.56 Å². The van der Waals surface area contributed by atoms with Gasteiger partial charge in [-0.25, -0.2) is 4.98 Å². The van der Waals surface area contributed by atoms with Gasteiger partial charge in [0.05, 0.1) is 18.9 Å². The summed E-state index contributed by atoms with van der Waals surface area (Å²) in [5, 5.41) is 1.96. The van der Waals surface area contributed by atoms with Gasteiger partial charge < -0.3 is 4.74 Å². The molecule has 0 aromatic carbocycles. The third-order valence-corrected chi connectivity index (χ3v) is 4.44. The van der Waals surface area contributed by atoms with Crippen molar-refractivity contribution < 1.29 is 4.74 Å². The van der Waals surface area contributed by atoms with Crippen LogP contribution in [-0.2, 0) is 11.3 Å². The van der Waals surface area contributed by atoms with E-state index in [-0.39, 0.29) is 5.56 Å². The number of fused-ring (bicyclic) bond motifs is 1. The molecule has 19 heavy (non-hydrogen) atoms. The SMILES string of the molecule is Cc1csc2nc(CN3CCOC[C@@H]3C)cc(=O)n12. The molecule has 0 amide bonds. The number of morpholine rings is 1. The van der Waals surface area contributed by atoms with Gasteiger partial charge in [0.15, 0.2) is 4.96 Å². The first-order valence-electron chi connectivity index (χ1n) is 6.44. The maximum Gasteiger partial charge on any atom is 0.259 e. The maximum atomic E-state index is 12.1. The predicted octanol–water partition coefficient (Wildman–Crippen LogP) is 1.29. The second-order valence-corrected chi connectivity index (χ2v) is 5.81. The monoisotopic (exact) mass is 279 g/mol. The molecule has 1 atom stereocenters. The second kappa shape index (κ2) is 5.03. The Morgan fingerprint density at radius 2 is 2.42 bits per heavy atom. The number of aryl methyl sites for hydroxylation is 1. The van der Waals surface area contributed by atoms with Gasteiger partial charge in [-0.2, -0.15) is 0 Å². The summed E-state index contributed by atoms with van der Waals surface area (Å²) in [6.45, 7) is 7.18. The summed E-state index contributed by atoms with van der Waals surface area (Å²) >= 11 is 1.51. The molecule has 6 heteroatoms. The average Bonchev–Trinajstić information content (AvgIpc) is 2.74. The Morgan fingerprint density at radius 1 is 1.58 bits per heavy atom. The Morgan fingerprint density at radius 3 is 3.21 bits per heavy atom. The van der Waals surface area contributed by atoms with E-state index in [0.29, 0.717) is 12.6 Å². The molecule has 5 nitrogen and oxygen atoms in total. The lowest BCUT2D eigenvalue weighted by Crippen LogP contribution is -2.43. The van der Waals surface area contributed by atoms with E-state index in [1.807, 2.05) is 12.3 Å². The average molecular weight is 279 g/mol. The molecular weight excluding hydrogens is 262 g/mol. The van der Waals surface area contributed by atoms with Crippen molar-refractivity contribution in [2.75, 3.05) is 19.8 Å². The summed E-state index contributed by atoms with van der Waals surface area (Å²) in [6, 6.07) is 2.02. The van der Waals surface area contributed by atoms with Crippen molar-refractivity contribution in [1.29, 1.82) is 0 Å². The standard InChI is InChI=1S/C13H17N3O2S/c1-9-7-18-4-3-15(9)6-11-5-12(17)16-10(2)8-19-13(16)14-11/h5,8-9H,3-4,6-7H2,1-2H3/t9-/m0/s1. The van der Waals surface area contributed by atoms with E-state index >= 15 is 0 Å². The topological polar surface area (TPSA) is 46.8 Å². The fourth-order valence-corrected chi connectivity index (χ4v) is 3.28. The molecular formula is C13H17N3O2S. The van der Waals surface area contributed by atoms with Gasteiger partial charge in [-0.05, 0) is 13.8 Å². The van der Waals surface area contributed by atoms with Crippen LogP contribution >= 0.6 is 11.3 Å². The van der Waals surface area contributed by atoms with Gasteiger partial charge in [-0.1, -0.05) is 0 Å². The lowest BCUT2D eigenvalue weighted by Gasteiger charge is -2.32. The molecule has 0 bridgehead atoms. The first-order chi connectivity index (χ1) is 9.15. The van der Waals surface area contributed by atoms with Crippen LogP contribution in [0.2, 0.25) is 0 Å². The molecule has 0 N–H and O–H groups in total. The van der Waals surface area contributed by atoms with Gasteiger partial charge in [-0.15, -0.1) is 11.3 Å². The van der Waals surface area contributed by atoms with E-state index in [2.05, 4.69) is 16.8 Å². The minimum Gasteiger partial charge on any atom is -0.379 e. The van der Waals surface area contributed by atoms with Crippen LogP contribution in [-0.4, -0.2) is 40.1 Å². The Hall–Kier alpha value is -1.24. The van der Waals surface area contributed by atoms with Gasteiger partial charge in [0.1, 0.15) is 0 Å². The zero-order chi connectivity index (χ0) is 13.4. The Labute approximate surface area is 115 Å². The fraction of sp³-hybridized carbons (Fsp3) is 0.538. The summed E-state index contributed by atoms with van der Waals surface area (Å²) in [6.07, 6.45) is 0. The molecule has 2 aromatic heterocycles. The van der Waals surface area contributed by atoms with Gasteiger partial charge in [0, 0.05) is 36.3 Å². The highest BCUT2D eigenvalue weighted by atomic mass is 32.1. The third kappa shape index (κ3) is 2.43. The van der Waals surface area contributed by atoms with Crippen LogP contribution in [0.15, 0.2) is 16.2 Å². The second-order valence-electron chi connectivity index (χ2n) is 4.98. The number of aromatic nitrogens is 2. The van der Waals surface area contributed by atoms with Crippen molar-refractivity contribution in [3.05, 3.63) is 33.2 Å². The summed E-state index contributed by atoms with van der Waals surface area (Å²) in [5.74, 6) is 0. The zero-order valence-electron chi connectivity index (χ0n) is 11.1. The lowest BCUT2D eigenvalue weighted by molar-refractivity contribution is -0.00489. The Balaban J connectivity index is 1.91. The van der Waals surface area contributed by atoms with Gasteiger partial charge in [0.25, 0.3) is 5.56 Å². The summed E-state index contributed by atoms with van der Waals surface area (Å²) in [5.41, 5.74) is 1.81. The van der Waals surface area contributed by atoms with Crippen molar-refractivity contribution in [3.63, 3.8) is 0 Å². The van der Waals surface area contributed by atoms with Crippen molar-refractivity contribution in [2.24, 2.45) is 0 Å². The molecule has 0 radical (unpaired) electrons. The third-order valence-electron chi connectivity index (χ3n) is 3.50. The fourth-order valence-electron chi connectivity index (χ4n) is 2.39. The largest absolute Gasteiger partial charge is 0.379 e. The van der Waals surface area contributed by atoms with E-state index < -0.39 is 0 Å². The summed E-state index contributed by atoms with van der Waals surface area (Å²) in [4.78, 5) is 19.8. The summed E-state index contributed by atoms with van der Waals surface area (Å²) in [7, 11) is 0. The molecule has 1 aliphatic heterocycles. The highest BCUT2D eigenvalue weighted by Crippen LogP contribution is 2.14. The van der Waals surface area contributed by atoms with Crippen LogP contribution in [0.3, 0.4) is 0 Å². The minimum absolute atomic E-state index is 0.0136. The summed E-state index contributed by atoms with van der Waals surface area (Å²) < 4.78 is 7.08. The van der Waals surface area contributed by atoms with Crippen LogP contribution in [0, 0.1) is 6.92 Å². The molecule has 1 saturated heterocycles. The zero-order valence-corrected chi connectivity index (χ0v) is 11.9. The molecule has 0 saturated carbocycles. The first-order valence-corrected chi connectivity index (χ1v) is 7.31. The number of nitrogens with zero attached hydrogens (tertiary/aromatic N) is 3. The molecule has 0 aliphatic carbocycles. The number of hydrogen-bond donors (Lipinski definition) is 0. The normalized spacial score (nSPS) is 21.1. The Kier molecular flexibility index (Phi) is 3.38. The van der Waals surface area contributed by atoms with Gasteiger partial charge >= 0.3 is 0 Å². The van der Waals surface area contributed by atoms with Crippen molar-refractivity contribution >= 4 is 16.3 Å². The molecule has 1 fully saturated rings.